The molecular formula is C17H24FN3O2. The van der Waals surface area contributed by atoms with E-state index in [9.17, 15) is 14.0 Å². The van der Waals surface area contributed by atoms with Crippen molar-refractivity contribution in [1.82, 2.24) is 9.80 Å². The summed E-state index contributed by atoms with van der Waals surface area (Å²) in [5, 5.41) is 2.69. The quantitative estimate of drug-likeness (QED) is 0.902. The molecule has 0 aromatic heterocycles. The van der Waals surface area contributed by atoms with Gasteiger partial charge in [0, 0.05) is 39.3 Å². The van der Waals surface area contributed by atoms with Crippen molar-refractivity contribution >= 4 is 17.5 Å². The Hall–Kier alpha value is -1.95. The molecule has 1 aromatic carbocycles. The molecule has 0 bridgehead atoms. The molecule has 5 nitrogen and oxygen atoms in total. The lowest BCUT2D eigenvalue weighted by Gasteiger charge is -2.33. The van der Waals surface area contributed by atoms with E-state index in [1.54, 1.807) is 31.1 Å². The van der Waals surface area contributed by atoms with E-state index < -0.39 is 0 Å². The first-order chi connectivity index (χ1) is 11.0. The Morgan fingerprint density at radius 1 is 1.39 bits per heavy atom. The van der Waals surface area contributed by atoms with Crippen molar-refractivity contribution < 1.29 is 14.0 Å². The van der Waals surface area contributed by atoms with E-state index in [-0.39, 0.29) is 23.5 Å². The molecule has 126 valence electrons. The van der Waals surface area contributed by atoms with E-state index >= 15 is 0 Å². The fourth-order valence-electron chi connectivity index (χ4n) is 2.87. The van der Waals surface area contributed by atoms with Crippen LogP contribution in [0.5, 0.6) is 0 Å². The molecule has 0 saturated carbocycles. The van der Waals surface area contributed by atoms with Crippen molar-refractivity contribution in [2.75, 3.05) is 39.0 Å². The number of nitrogens with zero attached hydrogens (tertiary/aromatic N) is 2. The maximum absolute atomic E-state index is 13.1. The summed E-state index contributed by atoms with van der Waals surface area (Å²) >= 11 is 0. The van der Waals surface area contributed by atoms with Gasteiger partial charge in [-0.3, -0.25) is 9.59 Å². The van der Waals surface area contributed by atoms with Gasteiger partial charge in [0.1, 0.15) is 5.82 Å². The molecule has 23 heavy (non-hydrogen) atoms. The molecule has 1 N–H and O–H groups in total. The number of hydrogen-bond donors (Lipinski definition) is 1. The summed E-state index contributed by atoms with van der Waals surface area (Å²) in [6.45, 7) is 2.22. The largest absolute Gasteiger partial charge is 0.349 e. The lowest BCUT2D eigenvalue weighted by Crippen LogP contribution is -2.43. The minimum Gasteiger partial charge on any atom is -0.349 e. The van der Waals surface area contributed by atoms with Crippen LogP contribution in [0.15, 0.2) is 24.3 Å². The average molecular weight is 321 g/mol. The van der Waals surface area contributed by atoms with E-state index in [4.69, 9.17) is 0 Å². The summed E-state index contributed by atoms with van der Waals surface area (Å²) in [5.74, 6) is -0.343. The second-order valence-electron chi connectivity index (χ2n) is 6.18. The molecule has 1 atom stereocenters. The van der Waals surface area contributed by atoms with Crippen LogP contribution in [-0.4, -0.2) is 55.3 Å². The van der Waals surface area contributed by atoms with Crippen LogP contribution in [0.25, 0.3) is 0 Å². The summed E-state index contributed by atoms with van der Waals surface area (Å²) in [4.78, 5) is 27.8. The molecule has 2 amide bonds. The van der Waals surface area contributed by atoms with E-state index in [2.05, 4.69) is 10.2 Å². The molecule has 0 spiro atoms. The molecule has 1 fully saturated rings. The molecule has 1 heterocycles. The Bertz CT molecular complexity index is 563. The maximum Gasteiger partial charge on any atom is 0.226 e. The summed E-state index contributed by atoms with van der Waals surface area (Å²) in [5.41, 5.74) is 0.467. The van der Waals surface area contributed by atoms with Crippen molar-refractivity contribution in [3.05, 3.63) is 30.1 Å². The third kappa shape index (κ3) is 5.32. The molecule has 0 radical (unpaired) electrons. The number of rotatable bonds is 5. The summed E-state index contributed by atoms with van der Waals surface area (Å²) in [6.07, 6.45) is 2.21. The van der Waals surface area contributed by atoms with Crippen LogP contribution in [0.4, 0.5) is 10.1 Å². The van der Waals surface area contributed by atoms with Gasteiger partial charge in [0.05, 0.1) is 5.92 Å². The van der Waals surface area contributed by atoms with Crippen LogP contribution >= 0.6 is 0 Å². The number of benzene rings is 1. The summed E-state index contributed by atoms with van der Waals surface area (Å²) < 4.78 is 13.1. The van der Waals surface area contributed by atoms with E-state index in [1.165, 1.54) is 12.1 Å². The zero-order chi connectivity index (χ0) is 16.8. The van der Waals surface area contributed by atoms with Crippen LogP contribution in [0.1, 0.15) is 19.3 Å². The van der Waals surface area contributed by atoms with E-state index in [1.807, 2.05) is 0 Å². The van der Waals surface area contributed by atoms with Crippen LogP contribution < -0.4 is 5.32 Å². The van der Waals surface area contributed by atoms with Gasteiger partial charge in [-0.2, -0.15) is 0 Å². The average Bonchev–Trinajstić information content (AvgIpc) is 2.52. The van der Waals surface area contributed by atoms with Gasteiger partial charge in [-0.1, -0.05) is 6.07 Å². The van der Waals surface area contributed by atoms with Crippen LogP contribution in [0.2, 0.25) is 0 Å². The Morgan fingerprint density at radius 3 is 2.87 bits per heavy atom. The van der Waals surface area contributed by atoms with Gasteiger partial charge in [-0.25, -0.2) is 4.39 Å². The molecule has 1 aromatic rings. The number of piperidine rings is 1. The Kier molecular flexibility index (Phi) is 6.10. The molecule has 6 heteroatoms. The lowest BCUT2D eigenvalue weighted by atomic mass is 9.96. The van der Waals surface area contributed by atoms with Crippen molar-refractivity contribution in [2.24, 2.45) is 5.92 Å². The number of carbonyl (C=O) groups is 2. The van der Waals surface area contributed by atoms with Crippen molar-refractivity contribution in [1.29, 1.82) is 0 Å². The fourth-order valence-corrected chi connectivity index (χ4v) is 2.87. The van der Waals surface area contributed by atoms with Crippen molar-refractivity contribution in [3.8, 4) is 0 Å². The summed E-state index contributed by atoms with van der Waals surface area (Å²) in [6, 6.07) is 5.86. The highest BCUT2D eigenvalue weighted by Gasteiger charge is 2.26. The lowest BCUT2D eigenvalue weighted by molar-refractivity contribution is -0.134. The molecule has 2 rings (SSSR count). The normalized spacial score (nSPS) is 18.5. The minimum absolute atomic E-state index is 0.0185. The van der Waals surface area contributed by atoms with Gasteiger partial charge in [0.25, 0.3) is 0 Å². The fraction of sp³-hybridized carbons (Fsp3) is 0.529. The third-order valence-electron chi connectivity index (χ3n) is 4.06. The molecule has 1 aliphatic rings. The number of carbonyl (C=O) groups excluding carboxylic acids is 2. The highest BCUT2D eigenvalue weighted by Crippen LogP contribution is 2.18. The van der Waals surface area contributed by atoms with Gasteiger partial charge < -0.3 is 15.1 Å². The highest BCUT2D eigenvalue weighted by molar-refractivity contribution is 5.90. The van der Waals surface area contributed by atoms with Gasteiger partial charge in [-0.05, 0) is 37.6 Å². The Balaban J connectivity index is 1.78. The van der Waals surface area contributed by atoms with Crippen molar-refractivity contribution in [2.45, 2.75) is 19.3 Å². The number of amides is 2. The number of hydrogen-bond acceptors (Lipinski definition) is 3. The first-order valence-electron chi connectivity index (χ1n) is 7.94. The third-order valence-corrected chi connectivity index (χ3v) is 4.06. The van der Waals surface area contributed by atoms with Gasteiger partial charge in [0.15, 0.2) is 0 Å². The van der Waals surface area contributed by atoms with Gasteiger partial charge in [0.2, 0.25) is 11.8 Å². The monoisotopic (exact) mass is 321 g/mol. The smallest absolute Gasteiger partial charge is 0.226 e. The summed E-state index contributed by atoms with van der Waals surface area (Å²) in [7, 11) is 3.54. The first-order valence-corrected chi connectivity index (χ1v) is 7.94. The zero-order valence-electron chi connectivity index (χ0n) is 13.7. The Morgan fingerprint density at radius 2 is 2.17 bits per heavy atom. The van der Waals surface area contributed by atoms with Gasteiger partial charge >= 0.3 is 0 Å². The number of nitrogens with one attached hydrogen (secondary N) is 1. The van der Waals surface area contributed by atoms with E-state index in [0.717, 1.165) is 19.4 Å². The topological polar surface area (TPSA) is 52.7 Å². The van der Waals surface area contributed by atoms with E-state index in [0.29, 0.717) is 25.2 Å². The second kappa shape index (κ2) is 8.06. The minimum atomic E-state index is -0.371. The molecule has 1 aliphatic heterocycles. The van der Waals surface area contributed by atoms with Crippen molar-refractivity contribution in [3.63, 3.8) is 0 Å². The molecule has 1 unspecified atom stereocenters. The van der Waals surface area contributed by atoms with Crippen LogP contribution in [-0.2, 0) is 9.59 Å². The number of halogens is 1. The van der Waals surface area contributed by atoms with Gasteiger partial charge in [-0.15, -0.1) is 0 Å². The molecule has 1 saturated heterocycles. The maximum atomic E-state index is 13.1. The first kappa shape index (κ1) is 17.4. The second-order valence-corrected chi connectivity index (χ2v) is 6.18. The number of anilines is 1. The Labute approximate surface area is 136 Å². The molecule has 0 aliphatic carbocycles. The predicted octanol–water partition coefficient (Wildman–Crippen LogP) is 1.95. The SMILES string of the molecule is CN(C)C(=O)C1CCCN(CCC(=O)Nc2cccc(F)c2)C1. The number of likely N-dealkylation sites (tertiary alicyclic amines) is 1. The molecular weight excluding hydrogens is 297 g/mol. The van der Waals surface area contributed by atoms with Crippen LogP contribution in [0, 0.1) is 11.7 Å². The zero-order valence-corrected chi connectivity index (χ0v) is 13.7. The highest BCUT2D eigenvalue weighted by atomic mass is 19.1. The standard InChI is InChI=1S/C17H24FN3O2/c1-20(2)17(23)13-5-4-9-21(12-13)10-8-16(22)19-15-7-3-6-14(18)11-15/h3,6-7,11,13H,4-5,8-10,12H2,1-2H3,(H,19,22). The van der Waals surface area contributed by atoms with Crippen LogP contribution in [0.3, 0.4) is 0 Å². The predicted molar refractivity (Wildman–Crippen MR) is 87.5 cm³/mol.